The zero-order valence-electron chi connectivity index (χ0n) is 26.5. The molecule has 0 spiro atoms. The monoisotopic (exact) mass is 505 g/mol. The topological polar surface area (TPSA) is 0 Å². The van der Waals surface area contributed by atoms with Crippen molar-refractivity contribution in [3.63, 3.8) is 0 Å². The summed E-state index contributed by atoms with van der Waals surface area (Å²) in [5, 5.41) is 0. The lowest BCUT2D eigenvalue weighted by molar-refractivity contribution is 0.502. The minimum Gasteiger partial charge on any atom is -0.0744 e. The molecule has 0 unspecified atom stereocenters. The zero-order valence-corrected chi connectivity index (χ0v) is 26.5. The predicted molar refractivity (Wildman–Crippen MR) is 168 cm³/mol. The third-order valence-corrected chi connectivity index (χ3v) is 8.40. The van der Waals surface area contributed by atoms with Crippen LogP contribution in [0.2, 0.25) is 0 Å². The third kappa shape index (κ3) is 28.3. The van der Waals surface area contributed by atoms with Gasteiger partial charge in [0.2, 0.25) is 0 Å². The van der Waals surface area contributed by atoms with Crippen LogP contribution in [0.15, 0.2) is 11.1 Å². The second kappa shape index (κ2) is 27.8. The molecule has 0 heteroatoms. The zero-order chi connectivity index (χ0) is 26.7. The minimum absolute atomic E-state index is 0.889. The Kier molecular flexibility index (Phi) is 27.6. The van der Waals surface area contributed by atoms with Gasteiger partial charge in [0.15, 0.2) is 0 Å². The number of unbranched alkanes of at least 4 members (excludes halogenated alkanes) is 20. The van der Waals surface area contributed by atoms with E-state index in [2.05, 4.69) is 41.5 Å². The molecule has 0 saturated heterocycles. The van der Waals surface area contributed by atoms with Crippen molar-refractivity contribution < 1.29 is 0 Å². The summed E-state index contributed by atoms with van der Waals surface area (Å²) in [6.07, 6.45) is 37.6. The Labute approximate surface area is 231 Å². The first-order valence-corrected chi connectivity index (χ1v) is 17.1. The van der Waals surface area contributed by atoms with Crippen LogP contribution >= 0.6 is 0 Å². The van der Waals surface area contributed by atoms with E-state index in [1.165, 1.54) is 167 Å². The molecule has 0 rings (SSSR count). The largest absolute Gasteiger partial charge is 0.0744 e. The first kappa shape index (κ1) is 35.7. The molecule has 0 bridgehead atoms. The maximum atomic E-state index is 2.40. The van der Waals surface area contributed by atoms with E-state index >= 15 is 0 Å². The summed E-state index contributed by atoms with van der Waals surface area (Å²) < 4.78 is 0. The van der Waals surface area contributed by atoms with Crippen LogP contribution < -0.4 is 0 Å². The standard InChI is InChI=1S/C36H72/c1-33(2)29-25-21-17-13-10-8-7-9-11-15-19-23-27-31-35(5)36(6)32-28-24-20-16-12-14-18-22-26-30-34(3)4/h33-34H,7-32H2,1-6H3. The maximum absolute atomic E-state index is 2.40. The SMILES string of the molecule is CC(CCCCCCCCCCCCCCCC(C)C)=C(C)CCCCCCCCCCCC(C)C. The van der Waals surface area contributed by atoms with Gasteiger partial charge in [-0.05, 0) is 51.4 Å². The van der Waals surface area contributed by atoms with Gasteiger partial charge in [0.1, 0.15) is 0 Å². The first-order valence-electron chi connectivity index (χ1n) is 17.1. The van der Waals surface area contributed by atoms with E-state index in [0.717, 1.165) is 11.8 Å². The van der Waals surface area contributed by atoms with E-state index < -0.39 is 0 Å². The highest BCUT2D eigenvalue weighted by molar-refractivity contribution is 5.09. The van der Waals surface area contributed by atoms with Gasteiger partial charge in [0.05, 0.1) is 0 Å². The molecule has 0 aromatic rings. The molecule has 216 valence electrons. The lowest BCUT2D eigenvalue weighted by atomic mass is 9.98. The van der Waals surface area contributed by atoms with Gasteiger partial charge in [-0.25, -0.2) is 0 Å². The average Bonchev–Trinajstić information content (AvgIpc) is 2.84. The summed E-state index contributed by atoms with van der Waals surface area (Å²) in [5.74, 6) is 1.78. The maximum Gasteiger partial charge on any atom is -0.0320 e. The molecular formula is C36H72. The van der Waals surface area contributed by atoms with Crippen molar-refractivity contribution in [2.24, 2.45) is 11.8 Å². The quantitative estimate of drug-likeness (QED) is 0.0733. The number of rotatable bonds is 28. The average molecular weight is 505 g/mol. The van der Waals surface area contributed by atoms with Crippen LogP contribution in [0.25, 0.3) is 0 Å². The Morgan fingerprint density at radius 2 is 0.500 bits per heavy atom. The molecule has 0 radical (unpaired) electrons. The van der Waals surface area contributed by atoms with E-state index in [-0.39, 0.29) is 0 Å². The van der Waals surface area contributed by atoms with Gasteiger partial charge < -0.3 is 0 Å². The van der Waals surface area contributed by atoms with Crippen LogP contribution in [0.4, 0.5) is 0 Å². The molecule has 0 amide bonds. The van der Waals surface area contributed by atoms with Crippen LogP contribution in [0, 0.1) is 11.8 Å². The van der Waals surface area contributed by atoms with Crippen LogP contribution in [0.5, 0.6) is 0 Å². The normalized spacial score (nSPS) is 12.7. The molecule has 0 nitrogen and oxygen atoms in total. The minimum atomic E-state index is 0.889. The first-order chi connectivity index (χ1) is 17.4. The molecule has 0 N–H and O–H groups in total. The fourth-order valence-corrected chi connectivity index (χ4v) is 5.49. The Bertz CT molecular complexity index is 455. The van der Waals surface area contributed by atoms with Crippen molar-refractivity contribution in [1.82, 2.24) is 0 Å². The summed E-state index contributed by atoms with van der Waals surface area (Å²) in [4.78, 5) is 0. The van der Waals surface area contributed by atoms with Crippen molar-refractivity contribution in [1.29, 1.82) is 0 Å². The van der Waals surface area contributed by atoms with E-state index in [9.17, 15) is 0 Å². The summed E-state index contributed by atoms with van der Waals surface area (Å²) in [7, 11) is 0. The van der Waals surface area contributed by atoms with Crippen molar-refractivity contribution in [2.45, 2.75) is 208 Å². The molecule has 0 atom stereocenters. The van der Waals surface area contributed by atoms with Crippen molar-refractivity contribution in [3.8, 4) is 0 Å². The predicted octanol–water partition coefficient (Wildman–Crippen LogP) is 13.8. The van der Waals surface area contributed by atoms with Crippen LogP contribution in [0.1, 0.15) is 208 Å². The molecule has 0 aliphatic rings. The molecular weight excluding hydrogens is 432 g/mol. The van der Waals surface area contributed by atoms with Gasteiger partial charge in [-0.2, -0.15) is 0 Å². The van der Waals surface area contributed by atoms with E-state index in [0.29, 0.717) is 0 Å². The fraction of sp³-hybridized carbons (Fsp3) is 0.944. The van der Waals surface area contributed by atoms with Gasteiger partial charge in [-0.1, -0.05) is 180 Å². The number of hydrogen-bond donors (Lipinski definition) is 0. The number of allylic oxidation sites excluding steroid dienone is 2. The molecule has 0 aromatic carbocycles. The van der Waals surface area contributed by atoms with Crippen molar-refractivity contribution >= 4 is 0 Å². The summed E-state index contributed by atoms with van der Waals surface area (Å²) in [6.45, 7) is 14.2. The lowest BCUT2D eigenvalue weighted by Gasteiger charge is -2.09. The van der Waals surface area contributed by atoms with E-state index in [4.69, 9.17) is 0 Å². The highest BCUT2D eigenvalue weighted by Crippen LogP contribution is 2.20. The van der Waals surface area contributed by atoms with Gasteiger partial charge in [-0.3, -0.25) is 0 Å². The van der Waals surface area contributed by atoms with E-state index in [1.54, 1.807) is 11.1 Å². The number of hydrogen-bond acceptors (Lipinski definition) is 0. The highest BCUT2D eigenvalue weighted by Gasteiger charge is 2.00. The lowest BCUT2D eigenvalue weighted by Crippen LogP contribution is -1.89. The third-order valence-electron chi connectivity index (χ3n) is 8.40. The van der Waals surface area contributed by atoms with Crippen LogP contribution in [-0.4, -0.2) is 0 Å². The highest BCUT2D eigenvalue weighted by atomic mass is 14.1. The van der Waals surface area contributed by atoms with Gasteiger partial charge >= 0.3 is 0 Å². The van der Waals surface area contributed by atoms with Crippen LogP contribution in [0.3, 0.4) is 0 Å². The summed E-state index contributed by atoms with van der Waals surface area (Å²) in [6, 6.07) is 0. The van der Waals surface area contributed by atoms with Crippen LogP contribution in [-0.2, 0) is 0 Å². The Balaban J connectivity index is 3.37. The summed E-state index contributed by atoms with van der Waals surface area (Å²) >= 11 is 0. The molecule has 0 heterocycles. The summed E-state index contributed by atoms with van der Waals surface area (Å²) in [5.41, 5.74) is 3.39. The molecule has 36 heavy (non-hydrogen) atoms. The van der Waals surface area contributed by atoms with Crippen molar-refractivity contribution in [3.05, 3.63) is 11.1 Å². The van der Waals surface area contributed by atoms with E-state index in [1.807, 2.05) is 0 Å². The van der Waals surface area contributed by atoms with Gasteiger partial charge in [-0.15, -0.1) is 0 Å². The smallest absolute Gasteiger partial charge is 0.0320 e. The Morgan fingerprint density at radius 3 is 0.722 bits per heavy atom. The second-order valence-corrected chi connectivity index (χ2v) is 13.2. The molecule has 0 aliphatic carbocycles. The van der Waals surface area contributed by atoms with Crippen molar-refractivity contribution in [2.75, 3.05) is 0 Å². The molecule has 0 aliphatic heterocycles. The van der Waals surface area contributed by atoms with Gasteiger partial charge in [0.25, 0.3) is 0 Å². The molecule has 0 aromatic heterocycles. The Morgan fingerprint density at radius 1 is 0.306 bits per heavy atom. The fourth-order valence-electron chi connectivity index (χ4n) is 5.49. The second-order valence-electron chi connectivity index (χ2n) is 13.2. The van der Waals surface area contributed by atoms with Gasteiger partial charge in [0, 0.05) is 0 Å². The molecule has 0 fully saturated rings. The molecule has 0 saturated carbocycles. The Hall–Kier alpha value is -0.260.